The van der Waals surface area contributed by atoms with E-state index in [-0.39, 0.29) is 24.6 Å². The number of carboxylic acids is 1. The first-order valence-corrected chi connectivity index (χ1v) is 10.4. The molecule has 0 saturated carbocycles. The van der Waals surface area contributed by atoms with Crippen molar-refractivity contribution in [1.82, 2.24) is 35.4 Å². The van der Waals surface area contributed by atoms with Gasteiger partial charge in [-0.15, -0.1) is 21.9 Å². The van der Waals surface area contributed by atoms with Gasteiger partial charge in [0.15, 0.2) is 0 Å². The third-order valence-electron chi connectivity index (χ3n) is 4.60. The number of rotatable bonds is 10. The van der Waals surface area contributed by atoms with E-state index in [9.17, 15) is 24.7 Å². The molecule has 1 fully saturated rings. The summed E-state index contributed by atoms with van der Waals surface area (Å²) in [5, 5.41) is 38.6. The van der Waals surface area contributed by atoms with Crippen LogP contribution in [-0.4, -0.2) is 94.8 Å². The summed E-state index contributed by atoms with van der Waals surface area (Å²) < 4.78 is 1.20. The van der Waals surface area contributed by atoms with Crippen LogP contribution in [0.15, 0.2) is 22.9 Å². The standard InChI is InChI=1S/C15H21N9O6S/c1-3-22(4-2)24(29)20-30-6-9-7-31-14-11(13(26)23(14)12(9)15(27)28)17-10(25)5-21-8-16-18-19-21/h8,11,14H,3-7H2,1-2H3,(H,17,25)(H,27,28)/b24-20-. The normalized spacial score (nSPS) is 20.8. The smallest absolute Gasteiger partial charge is 0.352 e. The first kappa shape index (κ1) is 22.3. The number of aromatic nitrogens is 4. The van der Waals surface area contributed by atoms with Crippen LogP contribution in [0, 0.1) is 5.21 Å². The van der Waals surface area contributed by atoms with Gasteiger partial charge >= 0.3 is 5.97 Å². The molecular weight excluding hydrogens is 434 g/mol. The zero-order valence-corrected chi connectivity index (χ0v) is 17.6. The maximum absolute atomic E-state index is 12.6. The largest absolute Gasteiger partial charge is 0.569 e. The minimum Gasteiger partial charge on any atom is -0.569 e. The van der Waals surface area contributed by atoms with Crippen molar-refractivity contribution in [2.75, 3.05) is 25.4 Å². The molecule has 2 amide bonds. The third kappa shape index (κ3) is 4.68. The lowest BCUT2D eigenvalue weighted by Crippen LogP contribution is -2.70. The molecule has 0 bridgehead atoms. The Morgan fingerprint density at radius 1 is 1.48 bits per heavy atom. The highest BCUT2D eigenvalue weighted by Gasteiger charge is 2.54. The van der Waals surface area contributed by atoms with E-state index in [2.05, 4.69) is 26.1 Å². The van der Waals surface area contributed by atoms with Crippen molar-refractivity contribution in [2.45, 2.75) is 31.8 Å². The Hall–Kier alpha value is -3.43. The Morgan fingerprint density at radius 3 is 2.84 bits per heavy atom. The van der Waals surface area contributed by atoms with Gasteiger partial charge in [0, 0.05) is 11.3 Å². The van der Waals surface area contributed by atoms with Crippen LogP contribution in [0.2, 0.25) is 0 Å². The molecule has 1 aromatic heterocycles. The summed E-state index contributed by atoms with van der Waals surface area (Å²) in [5.74, 6) is -2.11. The topological polar surface area (TPSA) is 181 Å². The van der Waals surface area contributed by atoms with Crippen molar-refractivity contribution in [2.24, 2.45) is 5.28 Å². The van der Waals surface area contributed by atoms with Crippen LogP contribution in [0.3, 0.4) is 0 Å². The number of carbonyl (C=O) groups is 3. The van der Waals surface area contributed by atoms with Gasteiger partial charge in [-0.05, 0) is 24.3 Å². The van der Waals surface area contributed by atoms with Crippen LogP contribution in [0.1, 0.15) is 13.8 Å². The summed E-state index contributed by atoms with van der Waals surface area (Å²) in [6.45, 7) is 3.98. The number of thioether (sulfide) groups is 1. The highest BCUT2D eigenvalue weighted by atomic mass is 32.2. The zero-order valence-electron chi connectivity index (χ0n) is 16.7. The van der Waals surface area contributed by atoms with Gasteiger partial charge in [-0.3, -0.25) is 14.5 Å². The number of fused-ring (bicyclic) bond motifs is 1. The summed E-state index contributed by atoms with van der Waals surface area (Å²) in [6, 6.07) is -0.865. The molecule has 2 unspecified atom stereocenters. The molecule has 3 rings (SSSR count). The molecule has 1 saturated heterocycles. The number of carboxylic acid groups (broad SMARTS) is 1. The number of nitrogens with one attached hydrogen (secondary N) is 1. The van der Waals surface area contributed by atoms with E-state index >= 15 is 0 Å². The predicted octanol–water partition coefficient (Wildman–Crippen LogP) is -1.44. The van der Waals surface area contributed by atoms with Crippen LogP contribution < -0.4 is 5.32 Å². The number of hydrogen-bond donors (Lipinski definition) is 2. The molecule has 0 aliphatic carbocycles. The summed E-state index contributed by atoms with van der Waals surface area (Å²) >= 11 is 1.28. The van der Waals surface area contributed by atoms with E-state index in [4.69, 9.17) is 4.84 Å². The van der Waals surface area contributed by atoms with E-state index in [1.807, 2.05) is 0 Å². The molecule has 15 nitrogen and oxygen atoms in total. The van der Waals surface area contributed by atoms with Gasteiger partial charge in [-0.2, -0.15) is 0 Å². The van der Waals surface area contributed by atoms with Gasteiger partial charge < -0.3 is 20.5 Å². The second kappa shape index (κ2) is 9.59. The van der Waals surface area contributed by atoms with Crippen LogP contribution >= 0.6 is 11.8 Å². The number of nitrogens with zero attached hydrogens (tertiary/aromatic N) is 8. The van der Waals surface area contributed by atoms with Gasteiger partial charge in [0.25, 0.3) is 5.91 Å². The van der Waals surface area contributed by atoms with Crippen LogP contribution in [-0.2, 0) is 25.8 Å². The summed E-state index contributed by atoms with van der Waals surface area (Å²) in [6.07, 6.45) is 1.26. The zero-order chi connectivity index (χ0) is 22.5. The number of hydrazine groups is 1. The van der Waals surface area contributed by atoms with Crippen LogP contribution in [0.4, 0.5) is 0 Å². The predicted molar refractivity (Wildman–Crippen MR) is 102 cm³/mol. The molecule has 16 heteroatoms. The highest BCUT2D eigenvalue weighted by molar-refractivity contribution is 8.00. The number of hydrogen-bond acceptors (Lipinski definition) is 10. The molecule has 31 heavy (non-hydrogen) atoms. The molecular formula is C15H21N9O6S. The van der Waals surface area contributed by atoms with Gasteiger partial charge in [0.05, 0.1) is 18.1 Å². The molecule has 0 aromatic carbocycles. The van der Waals surface area contributed by atoms with Crippen LogP contribution in [0.25, 0.3) is 0 Å². The van der Waals surface area contributed by atoms with Gasteiger partial charge in [0.2, 0.25) is 11.2 Å². The van der Waals surface area contributed by atoms with Gasteiger partial charge in [-0.1, -0.05) is 0 Å². The molecule has 0 radical (unpaired) electrons. The Kier molecular flexibility index (Phi) is 6.88. The summed E-state index contributed by atoms with van der Waals surface area (Å²) in [7, 11) is 0. The molecule has 2 atom stereocenters. The van der Waals surface area contributed by atoms with Crippen LogP contribution in [0.5, 0.6) is 0 Å². The fourth-order valence-corrected chi connectivity index (χ4v) is 4.41. The van der Waals surface area contributed by atoms with E-state index in [0.29, 0.717) is 23.6 Å². The number of tetrazole rings is 1. The lowest BCUT2D eigenvalue weighted by atomic mass is 10.0. The number of amides is 2. The second-order valence-corrected chi connectivity index (χ2v) is 7.57. The SMILES string of the molecule is CCN(CC)/[N+]([O-])=N/OCC1=C(C(=O)O)N2C(=O)C(NC(=O)Cn3cnnn3)C2SC1. The number of carbonyl (C=O) groups excluding carboxylic acids is 2. The summed E-state index contributed by atoms with van der Waals surface area (Å²) in [5.41, 5.74) is 0.0764. The van der Waals surface area contributed by atoms with E-state index in [1.165, 1.54) is 27.8 Å². The fraction of sp³-hybridized carbons (Fsp3) is 0.600. The van der Waals surface area contributed by atoms with Crippen molar-refractivity contribution >= 4 is 29.5 Å². The maximum atomic E-state index is 12.6. The van der Waals surface area contributed by atoms with Crippen molar-refractivity contribution in [1.29, 1.82) is 0 Å². The minimum absolute atomic E-state index is 0.172. The van der Waals surface area contributed by atoms with E-state index in [0.717, 1.165) is 4.90 Å². The first-order chi connectivity index (χ1) is 14.9. The molecule has 0 spiro atoms. The fourth-order valence-electron chi connectivity index (χ4n) is 3.09. The first-order valence-electron chi connectivity index (χ1n) is 9.32. The Balaban J connectivity index is 1.65. The van der Waals surface area contributed by atoms with Crippen molar-refractivity contribution < 1.29 is 29.3 Å². The number of aliphatic carboxylic acids is 1. The third-order valence-corrected chi connectivity index (χ3v) is 5.94. The molecule has 1 aromatic rings. The minimum atomic E-state index is -1.31. The number of β-lactam (4-membered cyclic amide) rings is 1. The molecule has 2 aliphatic heterocycles. The average Bonchev–Trinajstić information content (AvgIpc) is 3.25. The van der Waals surface area contributed by atoms with Crippen molar-refractivity contribution in [3.8, 4) is 0 Å². The Bertz CT molecular complexity index is 901. The Morgan fingerprint density at radius 2 is 2.23 bits per heavy atom. The van der Waals surface area contributed by atoms with E-state index in [1.54, 1.807) is 13.8 Å². The Labute approximate surface area is 180 Å². The second-order valence-electron chi connectivity index (χ2n) is 6.47. The van der Waals surface area contributed by atoms with Crippen molar-refractivity contribution in [3.63, 3.8) is 0 Å². The van der Waals surface area contributed by atoms with Gasteiger partial charge in [0.1, 0.15) is 36.6 Å². The molecule has 168 valence electrons. The molecule has 3 heterocycles. The molecule has 2 N–H and O–H groups in total. The maximum Gasteiger partial charge on any atom is 0.352 e. The quantitative estimate of drug-likeness (QED) is 0.182. The summed E-state index contributed by atoms with van der Waals surface area (Å²) in [4.78, 5) is 42.9. The van der Waals surface area contributed by atoms with Crippen molar-refractivity contribution in [3.05, 3.63) is 22.8 Å². The average molecular weight is 455 g/mol. The highest BCUT2D eigenvalue weighted by Crippen LogP contribution is 2.40. The lowest BCUT2D eigenvalue weighted by molar-refractivity contribution is -0.709. The molecule has 2 aliphatic rings. The van der Waals surface area contributed by atoms with E-state index < -0.39 is 29.2 Å². The lowest BCUT2D eigenvalue weighted by Gasteiger charge is -2.49. The van der Waals surface area contributed by atoms with Gasteiger partial charge in [-0.25, -0.2) is 9.48 Å². The monoisotopic (exact) mass is 455 g/mol.